The van der Waals surface area contributed by atoms with Gasteiger partial charge in [-0.25, -0.2) is 0 Å². The number of rotatable bonds is 4. The minimum absolute atomic E-state index is 0.539. The molecular weight excluding hydrogens is 206 g/mol. The van der Waals surface area contributed by atoms with Crippen LogP contribution in [0.5, 0.6) is 17.2 Å². The smallest absolute Gasteiger partial charge is 0.239 e. The Labute approximate surface area is 93.9 Å². The molecule has 83 valence electrons. The van der Waals surface area contributed by atoms with Gasteiger partial charge >= 0.3 is 0 Å². The van der Waals surface area contributed by atoms with Crippen molar-refractivity contribution in [1.82, 2.24) is 4.73 Å². The molecule has 0 saturated carbocycles. The highest BCUT2D eigenvalue weighted by Gasteiger charge is 2.11. The largest absolute Gasteiger partial charge is 0.493 e. The maximum Gasteiger partial charge on any atom is 0.239 e. The van der Waals surface area contributed by atoms with Crippen LogP contribution >= 0.6 is 0 Å². The Hall–Kier alpha value is -2.10. The van der Waals surface area contributed by atoms with Crippen LogP contribution in [0.1, 0.15) is 0 Å². The van der Waals surface area contributed by atoms with Gasteiger partial charge in [-0.2, -0.15) is 4.73 Å². The molecular formula is C12H12NO3. The van der Waals surface area contributed by atoms with E-state index in [2.05, 4.69) is 6.07 Å². The van der Waals surface area contributed by atoms with E-state index in [4.69, 9.17) is 14.3 Å². The molecule has 2 aromatic rings. The molecule has 0 unspecified atom stereocenters. The summed E-state index contributed by atoms with van der Waals surface area (Å²) in [5.74, 6) is 1.78. The molecule has 1 heterocycles. The summed E-state index contributed by atoms with van der Waals surface area (Å²) in [6.45, 7) is 0. The van der Waals surface area contributed by atoms with Gasteiger partial charge in [0.25, 0.3) is 0 Å². The summed E-state index contributed by atoms with van der Waals surface area (Å²) < 4.78 is 11.9. The van der Waals surface area contributed by atoms with E-state index in [1.165, 1.54) is 4.73 Å². The van der Waals surface area contributed by atoms with Crippen molar-refractivity contribution in [2.75, 3.05) is 14.2 Å². The van der Waals surface area contributed by atoms with E-state index in [-0.39, 0.29) is 0 Å². The zero-order valence-electron chi connectivity index (χ0n) is 9.14. The van der Waals surface area contributed by atoms with Gasteiger partial charge in [0.1, 0.15) is 0 Å². The quantitative estimate of drug-likeness (QED) is 0.788. The maximum atomic E-state index is 5.60. The van der Waals surface area contributed by atoms with Crippen molar-refractivity contribution in [2.45, 2.75) is 0 Å². The minimum atomic E-state index is 0.539. The van der Waals surface area contributed by atoms with Crippen molar-refractivity contribution in [1.29, 1.82) is 0 Å². The second-order valence-electron chi connectivity index (χ2n) is 3.05. The molecule has 1 aromatic carbocycles. The fraction of sp³-hybridized carbons (Fsp3) is 0.167. The number of methoxy groups -OCH3 is 2. The first-order valence-electron chi connectivity index (χ1n) is 4.78. The Morgan fingerprint density at radius 3 is 2.31 bits per heavy atom. The molecule has 16 heavy (non-hydrogen) atoms. The van der Waals surface area contributed by atoms with Crippen LogP contribution in [0, 0.1) is 6.07 Å². The Balaban J connectivity index is 2.37. The summed E-state index contributed by atoms with van der Waals surface area (Å²) in [6, 6.07) is 10.1. The molecule has 0 aliphatic carbocycles. The lowest BCUT2D eigenvalue weighted by Crippen LogP contribution is -2.04. The number of nitrogens with zero attached hydrogens (tertiary/aromatic N) is 1. The van der Waals surface area contributed by atoms with E-state index < -0.39 is 0 Å². The second-order valence-corrected chi connectivity index (χ2v) is 3.05. The molecule has 2 rings (SSSR count). The van der Waals surface area contributed by atoms with E-state index in [1.807, 2.05) is 18.2 Å². The normalized spacial score (nSPS) is 9.88. The van der Waals surface area contributed by atoms with Crippen molar-refractivity contribution >= 4 is 0 Å². The molecule has 0 saturated heterocycles. The molecule has 0 amide bonds. The van der Waals surface area contributed by atoms with Crippen LogP contribution in [0.4, 0.5) is 0 Å². The van der Waals surface area contributed by atoms with Gasteiger partial charge in [0, 0.05) is 12.3 Å². The number of para-hydroxylation sites is 1. The van der Waals surface area contributed by atoms with E-state index in [1.54, 1.807) is 32.7 Å². The van der Waals surface area contributed by atoms with Crippen LogP contribution in [-0.2, 0) is 0 Å². The third-order valence-corrected chi connectivity index (χ3v) is 2.10. The SMILES string of the molecule is COc1cccc(OC)c1On1c[c]cc1. The molecule has 0 N–H and O–H groups in total. The van der Waals surface area contributed by atoms with Crippen LogP contribution in [0.3, 0.4) is 0 Å². The molecule has 1 radical (unpaired) electrons. The summed E-state index contributed by atoms with van der Waals surface area (Å²) in [6.07, 6.45) is 3.41. The zero-order chi connectivity index (χ0) is 11.4. The van der Waals surface area contributed by atoms with Crippen LogP contribution < -0.4 is 14.3 Å². The summed E-state index contributed by atoms with van der Waals surface area (Å²) in [7, 11) is 3.17. The number of aromatic nitrogens is 1. The van der Waals surface area contributed by atoms with Gasteiger partial charge in [-0.05, 0) is 18.2 Å². The molecule has 0 atom stereocenters. The Bertz CT molecular complexity index is 429. The van der Waals surface area contributed by atoms with Crippen LogP contribution in [0.2, 0.25) is 0 Å². The predicted molar refractivity (Wildman–Crippen MR) is 58.8 cm³/mol. The topological polar surface area (TPSA) is 32.6 Å². The first-order valence-corrected chi connectivity index (χ1v) is 4.78. The van der Waals surface area contributed by atoms with Crippen LogP contribution in [0.25, 0.3) is 0 Å². The van der Waals surface area contributed by atoms with Crippen LogP contribution in [0.15, 0.2) is 36.7 Å². The molecule has 0 aliphatic heterocycles. The Morgan fingerprint density at radius 2 is 1.81 bits per heavy atom. The van der Waals surface area contributed by atoms with Crippen molar-refractivity contribution < 1.29 is 14.3 Å². The summed E-state index contributed by atoms with van der Waals surface area (Å²) in [4.78, 5) is 5.60. The molecule has 0 bridgehead atoms. The van der Waals surface area contributed by atoms with Crippen molar-refractivity contribution in [3.8, 4) is 17.2 Å². The molecule has 0 aliphatic rings. The summed E-state index contributed by atoms with van der Waals surface area (Å²) in [5.41, 5.74) is 0. The second kappa shape index (κ2) is 4.61. The maximum absolute atomic E-state index is 5.60. The first kappa shape index (κ1) is 10.4. The first-order chi connectivity index (χ1) is 7.85. The molecule has 4 nitrogen and oxygen atoms in total. The van der Waals surface area contributed by atoms with Gasteiger partial charge in [0.2, 0.25) is 5.75 Å². The monoisotopic (exact) mass is 218 g/mol. The third kappa shape index (κ3) is 1.95. The van der Waals surface area contributed by atoms with E-state index in [9.17, 15) is 0 Å². The number of ether oxygens (including phenoxy) is 2. The zero-order valence-corrected chi connectivity index (χ0v) is 9.14. The Morgan fingerprint density at radius 1 is 1.12 bits per heavy atom. The predicted octanol–water partition coefficient (Wildman–Crippen LogP) is 2.15. The van der Waals surface area contributed by atoms with Crippen molar-refractivity contribution in [3.05, 3.63) is 42.7 Å². The van der Waals surface area contributed by atoms with E-state index >= 15 is 0 Å². The standard InChI is InChI=1S/C12H12NO3/c1-14-10-6-5-7-11(15-2)12(10)16-13-8-3-4-9-13/h3,5-9H,1-2H3. The minimum Gasteiger partial charge on any atom is -0.493 e. The summed E-state index contributed by atoms with van der Waals surface area (Å²) >= 11 is 0. The fourth-order valence-corrected chi connectivity index (χ4v) is 1.35. The van der Waals surface area contributed by atoms with E-state index in [0.29, 0.717) is 17.2 Å². The molecule has 4 heteroatoms. The number of hydrogen-bond donors (Lipinski definition) is 0. The van der Waals surface area contributed by atoms with E-state index in [0.717, 1.165) is 0 Å². The van der Waals surface area contributed by atoms with Gasteiger partial charge in [0.05, 0.1) is 20.4 Å². The average Bonchev–Trinajstić information content (AvgIpc) is 2.82. The highest BCUT2D eigenvalue weighted by Crippen LogP contribution is 2.36. The highest BCUT2D eigenvalue weighted by atomic mass is 16.7. The third-order valence-electron chi connectivity index (χ3n) is 2.10. The van der Waals surface area contributed by atoms with Gasteiger partial charge in [-0.3, -0.25) is 0 Å². The molecule has 0 fully saturated rings. The highest BCUT2D eigenvalue weighted by molar-refractivity contribution is 5.50. The van der Waals surface area contributed by atoms with Gasteiger partial charge in [0.15, 0.2) is 11.5 Å². The van der Waals surface area contributed by atoms with Gasteiger partial charge in [-0.1, -0.05) is 6.07 Å². The fourth-order valence-electron chi connectivity index (χ4n) is 1.35. The molecule has 0 spiro atoms. The van der Waals surface area contributed by atoms with Crippen LogP contribution in [-0.4, -0.2) is 19.0 Å². The average molecular weight is 218 g/mol. The van der Waals surface area contributed by atoms with Crippen molar-refractivity contribution in [3.63, 3.8) is 0 Å². The number of hydrogen-bond acceptors (Lipinski definition) is 3. The van der Waals surface area contributed by atoms with Crippen molar-refractivity contribution in [2.24, 2.45) is 0 Å². The lowest BCUT2D eigenvalue weighted by Gasteiger charge is -2.13. The molecule has 1 aromatic heterocycles. The summed E-state index contributed by atoms with van der Waals surface area (Å²) in [5, 5.41) is 0. The lowest BCUT2D eigenvalue weighted by molar-refractivity contribution is 0.196. The lowest BCUT2D eigenvalue weighted by atomic mass is 10.3. The van der Waals surface area contributed by atoms with Gasteiger partial charge in [-0.15, -0.1) is 0 Å². The Kier molecular flexibility index (Phi) is 3.00. The number of benzene rings is 1. The van der Waals surface area contributed by atoms with Gasteiger partial charge < -0.3 is 14.3 Å².